The van der Waals surface area contributed by atoms with Crippen LogP contribution in [0.1, 0.15) is 56.9 Å². The van der Waals surface area contributed by atoms with Crippen molar-refractivity contribution in [2.75, 3.05) is 26.2 Å². The van der Waals surface area contributed by atoms with E-state index >= 15 is 0 Å². The molecule has 1 aliphatic rings. The Labute approximate surface area is 166 Å². The average molecular weight is 390 g/mol. The summed E-state index contributed by atoms with van der Waals surface area (Å²) in [5, 5.41) is 0. The van der Waals surface area contributed by atoms with E-state index in [-0.39, 0.29) is 41.9 Å². The van der Waals surface area contributed by atoms with Crippen LogP contribution in [0.25, 0.3) is 0 Å². The lowest BCUT2D eigenvalue weighted by molar-refractivity contribution is -0.151. The summed E-state index contributed by atoms with van der Waals surface area (Å²) in [4.78, 5) is 48.7. The van der Waals surface area contributed by atoms with Crippen LogP contribution in [0.4, 0.5) is 0 Å². The minimum absolute atomic E-state index is 0.00237. The third kappa shape index (κ3) is 5.74. The number of amides is 2. The maximum absolute atomic E-state index is 12.8. The van der Waals surface area contributed by atoms with E-state index in [2.05, 4.69) is 9.97 Å². The number of ether oxygens (including phenoxy) is 1. The third-order valence-electron chi connectivity index (χ3n) is 5.20. The van der Waals surface area contributed by atoms with Crippen molar-refractivity contribution in [3.8, 4) is 0 Å². The molecule has 0 spiro atoms. The summed E-state index contributed by atoms with van der Waals surface area (Å²) >= 11 is 0. The molecule has 1 fully saturated rings. The summed E-state index contributed by atoms with van der Waals surface area (Å²) in [6.45, 7) is 7.56. The van der Waals surface area contributed by atoms with Crippen molar-refractivity contribution in [1.29, 1.82) is 0 Å². The van der Waals surface area contributed by atoms with E-state index in [0.29, 0.717) is 39.1 Å². The maximum Gasteiger partial charge on any atom is 0.309 e. The molecule has 0 bridgehead atoms. The summed E-state index contributed by atoms with van der Waals surface area (Å²) in [6.07, 6.45) is 6.73. The van der Waals surface area contributed by atoms with E-state index in [1.807, 2.05) is 13.8 Å². The van der Waals surface area contributed by atoms with Gasteiger partial charge in [0.15, 0.2) is 0 Å². The van der Waals surface area contributed by atoms with Crippen molar-refractivity contribution in [3.05, 3.63) is 24.3 Å². The Morgan fingerprint density at radius 2 is 1.96 bits per heavy atom. The van der Waals surface area contributed by atoms with Crippen LogP contribution in [-0.2, 0) is 14.3 Å². The van der Waals surface area contributed by atoms with Crippen molar-refractivity contribution in [3.63, 3.8) is 0 Å². The van der Waals surface area contributed by atoms with E-state index in [1.54, 1.807) is 16.7 Å². The van der Waals surface area contributed by atoms with E-state index in [0.717, 1.165) is 6.42 Å². The molecule has 0 saturated carbocycles. The van der Waals surface area contributed by atoms with Gasteiger partial charge in [-0.2, -0.15) is 0 Å². The van der Waals surface area contributed by atoms with Crippen molar-refractivity contribution < 1.29 is 19.1 Å². The standard InChI is InChI=1S/C20H30N4O4/c1-4-15(3)24(19(26)17-14-21-9-10-22-17)13-8-18(25)23-11-6-16(7-12-23)20(27)28-5-2/h9-10,14-16H,4-8,11-13H2,1-3H3. The molecular weight excluding hydrogens is 360 g/mol. The number of carbonyl (C=O) groups excluding carboxylic acids is 3. The molecule has 1 aliphatic heterocycles. The zero-order valence-corrected chi connectivity index (χ0v) is 17.0. The SMILES string of the molecule is CCOC(=O)C1CCN(C(=O)CCN(C(=O)c2cnccn2)C(C)CC)CC1. The highest BCUT2D eigenvalue weighted by Gasteiger charge is 2.29. The van der Waals surface area contributed by atoms with Gasteiger partial charge in [-0.05, 0) is 33.1 Å². The molecular formula is C20H30N4O4. The Morgan fingerprint density at radius 1 is 1.25 bits per heavy atom. The van der Waals surface area contributed by atoms with Gasteiger partial charge in [0.2, 0.25) is 5.91 Å². The third-order valence-corrected chi connectivity index (χ3v) is 5.20. The Morgan fingerprint density at radius 3 is 2.54 bits per heavy atom. The first kappa shape index (κ1) is 21.8. The van der Waals surface area contributed by atoms with Gasteiger partial charge in [-0.25, -0.2) is 4.98 Å². The fraction of sp³-hybridized carbons (Fsp3) is 0.650. The molecule has 0 radical (unpaired) electrons. The van der Waals surface area contributed by atoms with Crippen molar-refractivity contribution in [2.45, 2.75) is 52.5 Å². The van der Waals surface area contributed by atoms with Crippen LogP contribution < -0.4 is 0 Å². The van der Waals surface area contributed by atoms with Gasteiger partial charge in [0, 0.05) is 44.5 Å². The quantitative estimate of drug-likeness (QED) is 0.630. The molecule has 2 rings (SSSR count). The highest BCUT2D eigenvalue weighted by molar-refractivity contribution is 5.92. The molecule has 1 aromatic heterocycles. The van der Waals surface area contributed by atoms with Gasteiger partial charge in [-0.3, -0.25) is 19.4 Å². The first-order valence-corrected chi connectivity index (χ1v) is 9.99. The van der Waals surface area contributed by atoms with Crippen molar-refractivity contribution in [2.24, 2.45) is 5.92 Å². The fourth-order valence-corrected chi connectivity index (χ4v) is 3.30. The number of hydrogen-bond donors (Lipinski definition) is 0. The lowest BCUT2D eigenvalue weighted by atomic mass is 9.97. The van der Waals surface area contributed by atoms with Crippen LogP contribution >= 0.6 is 0 Å². The summed E-state index contributed by atoms with van der Waals surface area (Å²) in [7, 11) is 0. The Balaban J connectivity index is 1.90. The van der Waals surface area contributed by atoms with E-state index in [9.17, 15) is 14.4 Å². The molecule has 0 N–H and O–H groups in total. The predicted molar refractivity (Wildman–Crippen MR) is 103 cm³/mol. The van der Waals surface area contributed by atoms with Crippen LogP contribution in [0, 0.1) is 5.92 Å². The molecule has 8 heteroatoms. The molecule has 2 heterocycles. The van der Waals surface area contributed by atoms with Crippen molar-refractivity contribution >= 4 is 17.8 Å². The zero-order chi connectivity index (χ0) is 20.5. The fourth-order valence-electron chi connectivity index (χ4n) is 3.30. The summed E-state index contributed by atoms with van der Waals surface area (Å²) < 4.78 is 5.07. The lowest BCUT2D eigenvalue weighted by Crippen LogP contribution is -2.44. The average Bonchev–Trinajstić information content (AvgIpc) is 2.74. The molecule has 1 saturated heterocycles. The number of likely N-dealkylation sites (tertiary alicyclic amines) is 1. The van der Waals surface area contributed by atoms with Crippen LogP contribution in [0.15, 0.2) is 18.6 Å². The van der Waals surface area contributed by atoms with E-state index in [1.165, 1.54) is 18.6 Å². The smallest absolute Gasteiger partial charge is 0.309 e. The Bertz CT molecular complexity index is 659. The molecule has 1 unspecified atom stereocenters. The molecule has 154 valence electrons. The molecule has 8 nitrogen and oxygen atoms in total. The minimum Gasteiger partial charge on any atom is -0.466 e. The molecule has 2 amide bonds. The second-order valence-electron chi connectivity index (χ2n) is 7.00. The Kier molecular flexibility index (Phi) is 8.35. The van der Waals surface area contributed by atoms with Crippen molar-refractivity contribution in [1.82, 2.24) is 19.8 Å². The van der Waals surface area contributed by atoms with Gasteiger partial charge in [0.1, 0.15) is 5.69 Å². The molecule has 1 atom stereocenters. The summed E-state index contributed by atoms with van der Waals surface area (Å²) in [6, 6.07) is -0.00291. The molecule has 1 aromatic rings. The highest BCUT2D eigenvalue weighted by Crippen LogP contribution is 2.19. The predicted octanol–water partition coefficient (Wildman–Crippen LogP) is 1.91. The number of nitrogens with zero attached hydrogens (tertiary/aromatic N) is 4. The Hall–Kier alpha value is -2.51. The van der Waals surface area contributed by atoms with Gasteiger partial charge < -0.3 is 14.5 Å². The first-order valence-electron chi connectivity index (χ1n) is 9.99. The number of piperidine rings is 1. The first-order chi connectivity index (χ1) is 13.5. The van der Waals surface area contributed by atoms with Gasteiger partial charge >= 0.3 is 5.97 Å². The van der Waals surface area contributed by atoms with E-state index in [4.69, 9.17) is 4.74 Å². The van der Waals surface area contributed by atoms with Gasteiger partial charge in [-0.1, -0.05) is 6.92 Å². The van der Waals surface area contributed by atoms with E-state index < -0.39 is 0 Å². The number of hydrogen-bond acceptors (Lipinski definition) is 6. The second kappa shape index (κ2) is 10.7. The topological polar surface area (TPSA) is 92.7 Å². The molecule has 28 heavy (non-hydrogen) atoms. The highest BCUT2D eigenvalue weighted by atomic mass is 16.5. The number of esters is 1. The number of carbonyl (C=O) groups is 3. The summed E-state index contributed by atoms with van der Waals surface area (Å²) in [5.74, 6) is -0.509. The summed E-state index contributed by atoms with van der Waals surface area (Å²) in [5.41, 5.74) is 0.283. The largest absolute Gasteiger partial charge is 0.466 e. The number of aromatic nitrogens is 2. The van der Waals surface area contributed by atoms with Crippen LogP contribution in [0.5, 0.6) is 0 Å². The monoisotopic (exact) mass is 390 g/mol. The van der Waals surface area contributed by atoms with Gasteiger partial charge in [0.25, 0.3) is 5.91 Å². The second-order valence-corrected chi connectivity index (χ2v) is 7.00. The van der Waals surface area contributed by atoms with Crippen LogP contribution in [0.2, 0.25) is 0 Å². The molecule has 0 aromatic carbocycles. The zero-order valence-electron chi connectivity index (χ0n) is 17.0. The van der Waals surface area contributed by atoms with Gasteiger partial charge in [0.05, 0.1) is 18.7 Å². The normalized spacial score (nSPS) is 15.8. The molecule has 0 aliphatic carbocycles. The number of rotatable bonds is 8. The van der Waals surface area contributed by atoms with Crippen LogP contribution in [-0.4, -0.2) is 69.8 Å². The van der Waals surface area contributed by atoms with Gasteiger partial charge in [-0.15, -0.1) is 0 Å². The minimum atomic E-state index is -0.212. The lowest BCUT2D eigenvalue weighted by Gasteiger charge is -2.32. The maximum atomic E-state index is 12.8. The van der Waals surface area contributed by atoms with Crippen LogP contribution in [0.3, 0.4) is 0 Å².